The Balaban J connectivity index is 1.84. The zero-order chi connectivity index (χ0) is 20.0. The molecule has 4 rings (SSSR count). The Morgan fingerprint density at radius 3 is 2.50 bits per heavy atom. The lowest BCUT2D eigenvalue weighted by atomic mass is 9.93. The van der Waals surface area contributed by atoms with Gasteiger partial charge in [0.15, 0.2) is 5.82 Å². The minimum Gasteiger partial charge on any atom is -0.477 e. The average molecular weight is 390 g/mol. The van der Waals surface area contributed by atoms with Gasteiger partial charge < -0.3 is 10.0 Å². The minimum atomic E-state index is -1.29. The molecule has 1 aliphatic carbocycles. The molecule has 0 atom stereocenters. The van der Waals surface area contributed by atoms with Crippen LogP contribution in [-0.2, 0) is 0 Å². The monoisotopic (exact) mass is 390 g/mol. The highest BCUT2D eigenvalue weighted by Crippen LogP contribution is 2.44. The summed E-state index contributed by atoms with van der Waals surface area (Å²) in [7, 11) is 0. The van der Waals surface area contributed by atoms with Crippen molar-refractivity contribution in [2.45, 2.75) is 44.9 Å². The summed E-state index contributed by atoms with van der Waals surface area (Å²) in [5.41, 5.74) is 1.55. The second-order valence-electron chi connectivity index (χ2n) is 7.98. The van der Waals surface area contributed by atoms with E-state index in [9.17, 15) is 19.1 Å². The number of hydrogen-bond donors (Lipinski definition) is 1. The van der Waals surface area contributed by atoms with E-state index < -0.39 is 17.3 Å². The molecule has 2 aromatic rings. The van der Waals surface area contributed by atoms with E-state index in [1.54, 1.807) is 6.92 Å². The number of carboxylic acid groups (broad SMARTS) is 1. The molecule has 28 heavy (non-hydrogen) atoms. The first-order valence-electron chi connectivity index (χ1n) is 9.85. The number of piperidine rings is 1. The van der Waals surface area contributed by atoms with Crippen LogP contribution in [0.25, 0.3) is 5.52 Å². The Morgan fingerprint density at radius 2 is 1.93 bits per heavy atom. The lowest BCUT2D eigenvalue weighted by molar-refractivity contribution is 0.0694. The van der Waals surface area contributed by atoms with Crippen LogP contribution in [-0.4, -0.2) is 35.2 Å². The lowest BCUT2D eigenvalue weighted by Gasteiger charge is -2.35. The molecule has 150 valence electrons. The van der Waals surface area contributed by atoms with Gasteiger partial charge in [-0.25, -0.2) is 9.18 Å². The van der Waals surface area contributed by atoms with Gasteiger partial charge in [-0.2, -0.15) is 0 Å². The molecule has 1 saturated heterocycles. The normalized spacial score (nSPS) is 18.0. The molecule has 1 N–H and O–H groups in total. The van der Waals surface area contributed by atoms with Gasteiger partial charge >= 0.3 is 5.97 Å². The number of alkyl halides is 1. The molecule has 0 bridgehead atoms. The van der Waals surface area contributed by atoms with E-state index in [4.69, 9.17) is 0 Å². The molecule has 2 aromatic heterocycles. The van der Waals surface area contributed by atoms with Gasteiger partial charge in [-0.3, -0.25) is 13.6 Å². The molecule has 5 nitrogen and oxygen atoms in total. The fraction of sp³-hybridized carbons (Fsp3) is 0.524. The lowest BCUT2D eigenvalue weighted by Crippen LogP contribution is -2.35. The van der Waals surface area contributed by atoms with Crippen molar-refractivity contribution < 1.29 is 18.7 Å². The van der Waals surface area contributed by atoms with Gasteiger partial charge in [0, 0.05) is 13.1 Å². The highest BCUT2D eigenvalue weighted by atomic mass is 19.1. The SMILES string of the molecule is Cc1c(N2CCC(CCF)CC2)c(F)cn2c(=O)c(C(=O)O)cc(C3CC3)c12. The summed E-state index contributed by atoms with van der Waals surface area (Å²) in [6.07, 6.45) is 5.18. The van der Waals surface area contributed by atoms with Gasteiger partial charge in [-0.05, 0) is 68.1 Å². The Labute approximate surface area is 161 Å². The van der Waals surface area contributed by atoms with E-state index >= 15 is 4.39 Å². The Morgan fingerprint density at radius 1 is 1.25 bits per heavy atom. The number of aromatic nitrogens is 1. The second-order valence-corrected chi connectivity index (χ2v) is 7.98. The van der Waals surface area contributed by atoms with Crippen LogP contribution in [0.4, 0.5) is 14.5 Å². The third-order valence-electron chi connectivity index (χ3n) is 6.14. The number of hydrogen-bond acceptors (Lipinski definition) is 3. The van der Waals surface area contributed by atoms with E-state index in [1.807, 2.05) is 4.90 Å². The molecule has 1 aliphatic heterocycles. The standard InChI is InChI=1S/C21H24F2N2O3/c1-12-18-15(14-2-3-14)10-16(21(27)28)20(26)25(18)11-17(23)19(12)24-8-5-13(4-7-22)6-9-24/h10-11,13-14H,2-9H2,1H3,(H,27,28). The van der Waals surface area contributed by atoms with Crippen LogP contribution in [0.2, 0.25) is 0 Å². The molecular formula is C21H24F2N2O3. The van der Waals surface area contributed by atoms with E-state index in [1.165, 1.54) is 10.5 Å². The third-order valence-corrected chi connectivity index (χ3v) is 6.14. The van der Waals surface area contributed by atoms with E-state index in [0.717, 1.165) is 37.4 Å². The Hall–Kier alpha value is -2.44. The zero-order valence-corrected chi connectivity index (χ0v) is 15.9. The van der Waals surface area contributed by atoms with Crippen LogP contribution in [0, 0.1) is 18.7 Å². The van der Waals surface area contributed by atoms with E-state index in [2.05, 4.69) is 0 Å². The topological polar surface area (TPSA) is 62.0 Å². The summed E-state index contributed by atoms with van der Waals surface area (Å²) in [6, 6.07) is 1.47. The molecule has 0 unspecified atom stereocenters. The molecule has 0 spiro atoms. The van der Waals surface area contributed by atoms with Gasteiger partial charge in [0.2, 0.25) is 0 Å². The molecule has 7 heteroatoms. The number of aromatic carboxylic acids is 1. The Bertz CT molecular complexity index is 990. The smallest absolute Gasteiger partial charge is 0.341 e. The predicted octanol–water partition coefficient (Wildman–Crippen LogP) is 3.90. The van der Waals surface area contributed by atoms with Crippen LogP contribution < -0.4 is 10.5 Å². The maximum absolute atomic E-state index is 15.1. The molecule has 2 aliphatic rings. The maximum Gasteiger partial charge on any atom is 0.341 e. The maximum atomic E-state index is 15.1. The van der Waals surface area contributed by atoms with E-state index in [-0.39, 0.29) is 18.2 Å². The van der Waals surface area contributed by atoms with Gasteiger partial charge in [-0.15, -0.1) is 0 Å². The molecule has 2 fully saturated rings. The number of carbonyl (C=O) groups is 1. The number of anilines is 1. The second kappa shape index (κ2) is 7.18. The highest BCUT2D eigenvalue weighted by Gasteiger charge is 2.31. The molecule has 3 heterocycles. The first-order valence-corrected chi connectivity index (χ1v) is 9.85. The molecule has 0 aromatic carbocycles. The van der Waals surface area contributed by atoms with Crippen molar-refractivity contribution in [2.24, 2.45) is 5.92 Å². The predicted molar refractivity (Wildman–Crippen MR) is 103 cm³/mol. The van der Waals surface area contributed by atoms with Gasteiger partial charge in [0.1, 0.15) is 5.56 Å². The summed E-state index contributed by atoms with van der Waals surface area (Å²) >= 11 is 0. The average Bonchev–Trinajstić information content (AvgIpc) is 3.49. The zero-order valence-electron chi connectivity index (χ0n) is 15.9. The Kier molecular flexibility index (Phi) is 4.85. The van der Waals surface area contributed by atoms with Crippen LogP contribution >= 0.6 is 0 Å². The van der Waals surface area contributed by atoms with Crippen LogP contribution in [0.15, 0.2) is 17.1 Å². The van der Waals surface area contributed by atoms with Crippen LogP contribution in [0.1, 0.15) is 59.5 Å². The fourth-order valence-electron chi connectivity index (χ4n) is 4.49. The third kappa shape index (κ3) is 3.16. The minimum absolute atomic E-state index is 0.209. The summed E-state index contributed by atoms with van der Waals surface area (Å²) in [5, 5.41) is 9.38. The van der Waals surface area contributed by atoms with Crippen molar-refractivity contribution in [3.8, 4) is 0 Å². The summed E-state index contributed by atoms with van der Waals surface area (Å²) in [4.78, 5) is 26.1. The van der Waals surface area contributed by atoms with Gasteiger partial charge in [-0.1, -0.05) is 0 Å². The first-order chi connectivity index (χ1) is 13.4. The van der Waals surface area contributed by atoms with Crippen molar-refractivity contribution in [3.05, 3.63) is 45.1 Å². The number of halogens is 2. The number of pyridine rings is 2. The number of fused-ring (bicyclic) bond motifs is 1. The summed E-state index contributed by atoms with van der Waals surface area (Å²) in [5.74, 6) is -1.28. The number of rotatable bonds is 5. The first kappa shape index (κ1) is 18.9. The van der Waals surface area contributed by atoms with Crippen LogP contribution in [0.3, 0.4) is 0 Å². The molecule has 1 saturated carbocycles. The number of aryl methyl sites for hydroxylation is 1. The van der Waals surface area contributed by atoms with Crippen LogP contribution in [0.5, 0.6) is 0 Å². The largest absolute Gasteiger partial charge is 0.477 e. The number of nitrogens with zero attached hydrogens (tertiary/aromatic N) is 2. The quantitative estimate of drug-likeness (QED) is 0.841. The summed E-state index contributed by atoms with van der Waals surface area (Å²) < 4.78 is 28.8. The van der Waals surface area contributed by atoms with Crippen molar-refractivity contribution in [1.82, 2.24) is 4.40 Å². The molecular weight excluding hydrogens is 366 g/mol. The van der Waals surface area contributed by atoms with Crippen molar-refractivity contribution in [1.29, 1.82) is 0 Å². The molecule has 0 amide bonds. The highest BCUT2D eigenvalue weighted by molar-refractivity contribution is 5.89. The summed E-state index contributed by atoms with van der Waals surface area (Å²) in [6.45, 7) is 2.77. The van der Waals surface area contributed by atoms with Gasteiger partial charge in [0.05, 0.1) is 24.1 Å². The van der Waals surface area contributed by atoms with Gasteiger partial charge in [0.25, 0.3) is 5.56 Å². The van der Waals surface area contributed by atoms with Crippen molar-refractivity contribution in [3.63, 3.8) is 0 Å². The van der Waals surface area contributed by atoms with Crippen molar-refractivity contribution in [2.75, 3.05) is 24.7 Å². The van der Waals surface area contributed by atoms with Crippen molar-refractivity contribution >= 4 is 17.2 Å². The number of carboxylic acids is 1. The van der Waals surface area contributed by atoms with E-state index in [0.29, 0.717) is 42.2 Å². The fourth-order valence-corrected chi connectivity index (χ4v) is 4.49. The molecule has 0 radical (unpaired) electrons.